The van der Waals surface area contributed by atoms with Gasteiger partial charge in [0.25, 0.3) is 0 Å². The zero-order valence-electron chi connectivity index (χ0n) is 14.8. The Hall–Kier alpha value is -3.37. The van der Waals surface area contributed by atoms with Gasteiger partial charge in [-0.3, -0.25) is 4.79 Å². The maximum Gasteiger partial charge on any atom is 0.245 e. The number of benzene rings is 2. The van der Waals surface area contributed by atoms with Gasteiger partial charge in [0.2, 0.25) is 5.91 Å². The van der Waals surface area contributed by atoms with Gasteiger partial charge in [-0.25, -0.2) is 4.98 Å². The summed E-state index contributed by atoms with van der Waals surface area (Å²) in [7, 11) is 3.05. The van der Waals surface area contributed by atoms with Crippen molar-refractivity contribution in [3.8, 4) is 17.6 Å². The van der Waals surface area contributed by atoms with Crippen molar-refractivity contribution in [1.29, 1.82) is 5.26 Å². The van der Waals surface area contributed by atoms with Gasteiger partial charge in [-0.05, 0) is 30.3 Å². The van der Waals surface area contributed by atoms with Crippen LogP contribution >= 0.6 is 11.3 Å². The van der Waals surface area contributed by atoms with Crippen LogP contribution in [0.3, 0.4) is 0 Å². The minimum absolute atomic E-state index is 0.390. The van der Waals surface area contributed by atoms with Gasteiger partial charge in [-0.15, -0.1) is 11.3 Å². The molecular weight excluding hydrogens is 362 g/mol. The summed E-state index contributed by atoms with van der Waals surface area (Å²) in [4.78, 5) is 16.7. The molecule has 1 heterocycles. The van der Waals surface area contributed by atoms with Crippen molar-refractivity contribution in [2.75, 3.05) is 14.2 Å². The number of nitrogens with zero attached hydrogens (tertiary/aromatic N) is 2. The molecule has 0 radical (unpaired) electrons. The number of thiazole rings is 1. The Morgan fingerprint density at radius 3 is 2.78 bits per heavy atom. The molecule has 1 aromatic heterocycles. The molecule has 1 atom stereocenters. The molecule has 0 saturated heterocycles. The van der Waals surface area contributed by atoms with Gasteiger partial charge in [0, 0.05) is 17.7 Å². The first-order valence-electron chi connectivity index (χ1n) is 8.10. The summed E-state index contributed by atoms with van der Waals surface area (Å²) in [6, 6.07) is 14.1. The lowest BCUT2D eigenvalue weighted by molar-refractivity contribution is -0.116. The summed E-state index contributed by atoms with van der Waals surface area (Å²) >= 11 is 1.49. The fraction of sp³-hybridized carbons (Fsp3) is 0.150. The zero-order chi connectivity index (χ0) is 19.2. The van der Waals surface area contributed by atoms with E-state index in [2.05, 4.69) is 16.4 Å². The fourth-order valence-electron chi connectivity index (χ4n) is 2.54. The summed E-state index contributed by atoms with van der Waals surface area (Å²) in [5.41, 5.74) is 1.45. The van der Waals surface area contributed by atoms with Crippen LogP contribution < -0.4 is 14.8 Å². The lowest BCUT2D eigenvalue weighted by atomic mass is 10.1. The molecule has 3 aromatic rings. The van der Waals surface area contributed by atoms with E-state index in [1.54, 1.807) is 31.4 Å². The topological polar surface area (TPSA) is 84.2 Å². The van der Waals surface area contributed by atoms with E-state index < -0.39 is 11.9 Å². The molecule has 7 heteroatoms. The number of aromatic nitrogens is 1. The van der Waals surface area contributed by atoms with E-state index in [0.29, 0.717) is 17.1 Å². The molecule has 3 rings (SSSR count). The van der Waals surface area contributed by atoms with E-state index in [1.165, 1.54) is 24.5 Å². The molecule has 6 nitrogen and oxygen atoms in total. The Labute approximate surface area is 160 Å². The second kappa shape index (κ2) is 8.34. The van der Waals surface area contributed by atoms with Gasteiger partial charge in [0.05, 0.1) is 30.5 Å². The maximum absolute atomic E-state index is 12.3. The Kier molecular flexibility index (Phi) is 5.69. The van der Waals surface area contributed by atoms with Crippen LogP contribution in [0.2, 0.25) is 0 Å². The average Bonchev–Trinajstić information content (AvgIpc) is 3.13. The highest BCUT2D eigenvalue weighted by Crippen LogP contribution is 2.29. The van der Waals surface area contributed by atoms with E-state index >= 15 is 0 Å². The van der Waals surface area contributed by atoms with E-state index in [0.717, 1.165) is 15.2 Å². The number of nitriles is 1. The number of nitrogens with one attached hydrogen (secondary N) is 1. The van der Waals surface area contributed by atoms with E-state index in [9.17, 15) is 10.1 Å². The number of hydrogen-bond donors (Lipinski definition) is 1. The number of hydrogen-bond acceptors (Lipinski definition) is 6. The highest BCUT2D eigenvalue weighted by Gasteiger charge is 2.18. The lowest BCUT2D eigenvalue weighted by Crippen LogP contribution is -2.26. The largest absolute Gasteiger partial charge is 0.497 e. The Bertz CT molecular complexity index is 1000. The monoisotopic (exact) mass is 379 g/mol. The highest BCUT2D eigenvalue weighted by molar-refractivity contribution is 7.19. The third-order valence-electron chi connectivity index (χ3n) is 3.86. The second-order valence-electron chi connectivity index (χ2n) is 5.53. The molecule has 0 bridgehead atoms. The second-order valence-corrected chi connectivity index (χ2v) is 6.59. The molecular formula is C20H17N3O3S. The number of carbonyl (C=O) groups excluding carboxylic acids is 1. The molecule has 0 unspecified atom stereocenters. The molecule has 1 amide bonds. The van der Waals surface area contributed by atoms with Gasteiger partial charge < -0.3 is 14.8 Å². The van der Waals surface area contributed by atoms with Gasteiger partial charge in [0.15, 0.2) is 0 Å². The van der Waals surface area contributed by atoms with Crippen LogP contribution in [0.25, 0.3) is 16.3 Å². The number of para-hydroxylation sites is 1. The molecule has 1 N–H and O–H groups in total. The normalized spacial score (nSPS) is 11.9. The van der Waals surface area contributed by atoms with Crippen LogP contribution in [-0.2, 0) is 4.79 Å². The molecule has 0 aliphatic rings. The first-order valence-corrected chi connectivity index (χ1v) is 8.92. The van der Waals surface area contributed by atoms with Gasteiger partial charge >= 0.3 is 0 Å². The quantitative estimate of drug-likeness (QED) is 0.660. The number of amides is 1. The van der Waals surface area contributed by atoms with Crippen LogP contribution in [0.1, 0.15) is 16.6 Å². The highest BCUT2D eigenvalue weighted by atomic mass is 32.1. The van der Waals surface area contributed by atoms with Crippen LogP contribution in [0.5, 0.6) is 11.5 Å². The van der Waals surface area contributed by atoms with Crippen molar-refractivity contribution in [2.24, 2.45) is 0 Å². The minimum atomic E-state index is -0.849. The first kappa shape index (κ1) is 18.4. The molecule has 0 saturated carbocycles. The van der Waals surface area contributed by atoms with Gasteiger partial charge in [0.1, 0.15) is 22.5 Å². The lowest BCUT2D eigenvalue weighted by Gasteiger charge is -2.15. The first-order chi connectivity index (χ1) is 13.1. The van der Waals surface area contributed by atoms with Gasteiger partial charge in [-0.2, -0.15) is 5.26 Å². The molecule has 136 valence electrons. The minimum Gasteiger partial charge on any atom is -0.497 e. The number of carbonyl (C=O) groups is 1. The van der Waals surface area contributed by atoms with Crippen molar-refractivity contribution in [1.82, 2.24) is 10.3 Å². The summed E-state index contributed by atoms with van der Waals surface area (Å²) in [6.45, 7) is 0. The summed E-state index contributed by atoms with van der Waals surface area (Å²) in [6.07, 6.45) is 3.01. The Morgan fingerprint density at radius 2 is 2.07 bits per heavy atom. The fourth-order valence-corrected chi connectivity index (χ4v) is 3.41. The van der Waals surface area contributed by atoms with Crippen LogP contribution in [0.4, 0.5) is 0 Å². The van der Waals surface area contributed by atoms with Crippen molar-refractivity contribution >= 4 is 33.5 Å². The van der Waals surface area contributed by atoms with E-state index in [4.69, 9.17) is 9.47 Å². The SMILES string of the molecule is COc1ccc([C@H](C#N)NC(=O)/C=C/c2nc3ccccc3s2)c(OC)c1. The third kappa shape index (κ3) is 4.25. The van der Waals surface area contributed by atoms with Crippen molar-refractivity contribution in [2.45, 2.75) is 6.04 Å². The molecule has 0 aliphatic heterocycles. The molecule has 2 aromatic carbocycles. The standard InChI is InChI=1S/C20H17N3O3S/c1-25-13-7-8-14(17(11-13)26-2)16(12-21)22-19(24)9-10-20-23-15-5-3-4-6-18(15)27-20/h3-11,16H,1-2H3,(H,22,24)/b10-9+/t16-/m0/s1. The van der Waals surface area contributed by atoms with Crippen molar-refractivity contribution in [3.05, 3.63) is 59.1 Å². The third-order valence-corrected chi connectivity index (χ3v) is 4.86. The zero-order valence-corrected chi connectivity index (χ0v) is 15.6. The summed E-state index contributed by atoms with van der Waals surface area (Å²) in [5, 5.41) is 12.9. The maximum atomic E-state index is 12.3. The molecule has 27 heavy (non-hydrogen) atoms. The van der Waals surface area contributed by atoms with Crippen molar-refractivity contribution in [3.63, 3.8) is 0 Å². The Balaban J connectivity index is 1.74. The van der Waals surface area contributed by atoms with Crippen LogP contribution in [0.15, 0.2) is 48.5 Å². The number of fused-ring (bicyclic) bond motifs is 1. The Morgan fingerprint density at radius 1 is 1.26 bits per heavy atom. The summed E-state index contributed by atoms with van der Waals surface area (Å²) < 4.78 is 11.5. The number of ether oxygens (including phenoxy) is 2. The van der Waals surface area contributed by atoms with Gasteiger partial charge in [-0.1, -0.05) is 12.1 Å². The summed E-state index contributed by atoms with van der Waals surface area (Å²) in [5.74, 6) is 0.685. The van der Waals surface area contributed by atoms with E-state index in [1.807, 2.05) is 24.3 Å². The van der Waals surface area contributed by atoms with E-state index in [-0.39, 0.29) is 0 Å². The predicted octanol–water partition coefficient (Wildman–Crippen LogP) is 3.71. The average molecular weight is 379 g/mol. The number of rotatable bonds is 6. The van der Waals surface area contributed by atoms with Crippen molar-refractivity contribution < 1.29 is 14.3 Å². The number of methoxy groups -OCH3 is 2. The molecule has 0 fully saturated rings. The predicted molar refractivity (Wildman–Crippen MR) is 105 cm³/mol. The van der Waals surface area contributed by atoms with Crippen LogP contribution in [-0.4, -0.2) is 25.1 Å². The molecule has 0 aliphatic carbocycles. The smallest absolute Gasteiger partial charge is 0.245 e. The molecule has 0 spiro atoms. The van der Waals surface area contributed by atoms with Crippen LogP contribution in [0, 0.1) is 11.3 Å².